The number of nitrogens with zero attached hydrogens (tertiary/aromatic N) is 1. The average Bonchev–Trinajstić information content (AvgIpc) is 2.63. The molecule has 1 aromatic carbocycles. The van der Waals surface area contributed by atoms with Crippen molar-refractivity contribution in [3.05, 3.63) is 30.2 Å². The van der Waals surface area contributed by atoms with E-state index in [0.717, 1.165) is 16.7 Å². The summed E-state index contributed by atoms with van der Waals surface area (Å²) in [5.41, 5.74) is 2.56. The number of benzene rings is 1. The number of aromatic nitrogens is 1. The minimum absolute atomic E-state index is 0.707. The van der Waals surface area contributed by atoms with Crippen LogP contribution in [0.1, 0.15) is 5.56 Å². The van der Waals surface area contributed by atoms with Crippen molar-refractivity contribution in [1.29, 1.82) is 0 Å². The molecule has 0 amide bonds. The predicted octanol–water partition coefficient (Wildman–Crippen LogP) is 1.72. The number of rotatable bonds is 1. The van der Waals surface area contributed by atoms with Crippen LogP contribution in [0.2, 0.25) is 0 Å². The zero-order valence-electron chi connectivity index (χ0n) is 7.07. The third-order valence-electron chi connectivity index (χ3n) is 1.82. The van der Waals surface area contributed by atoms with Crippen molar-refractivity contribution >= 4 is 28.3 Å². The lowest BCUT2D eigenvalue weighted by Crippen LogP contribution is -2.16. The summed E-state index contributed by atoms with van der Waals surface area (Å²) in [6.07, 6.45) is 1.43. The fourth-order valence-electron chi connectivity index (χ4n) is 1.14. The second kappa shape index (κ2) is 3.14. The van der Waals surface area contributed by atoms with Gasteiger partial charge in [-0.25, -0.2) is 4.98 Å². The zero-order valence-corrected chi connectivity index (χ0v) is 7.89. The van der Waals surface area contributed by atoms with E-state index in [4.69, 9.17) is 16.6 Å². The second-order valence-corrected chi connectivity index (χ2v) is 3.02. The summed E-state index contributed by atoms with van der Waals surface area (Å²) in [5.74, 6) is 0. The van der Waals surface area contributed by atoms with Crippen LogP contribution in [0.4, 0.5) is 0 Å². The largest absolute Gasteiger partial charge is 0.443 e. The van der Waals surface area contributed by atoms with Crippen molar-refractivity contribution in [1.82, 2.24) is 10.3 Å². The van der Waals surface area contributed by atoms with Crippen LogP contribution >= 0.6 is 12.2 Å². The van der Waals surface area contributed by atoms with Crippen molar-refractivity contribution in [2.24, 2.45) is 0 Å². The van der Waals surface area contributed by atoms with Crippen LogP contribution in [0.25, 0.3) is 11.1 Å². The van der Waals surface area contributed by atoms with Crippen LogP contribution in [0.5, 0.6) is 0 Å². The van der Waals surface area contributed by atoms with E-state index >= 15 is 0 Å². The third kappa shape index (κ3) is 1.40. The van der Waals surface area contributed by atoms with Gasteiger partial charge in [0.1, 0.15) is 10.5 Å². The minimum Gasteiger partial charge on any atom is -0.443 e. The Morgan fingerprint density at radius 3 is 3.15 bits per heavy atom. The Labute approximate surface area is 80.8 Å². The molecule has 0 unspecified atom stereocenters. The topological polar surface area (TPSA) is 38.1 Å². The summed E-state index contributed by atoms with van der Waals surface area (Å²) in [4.78, 5) is 4.72. The Hall–Kier alpha value is -1.42. The molecule has 0 bridgehead atoms. The van der Waals surface area contributed by atoms with Gasteiger partial charge in [0.15, 0.2) is 12.0 Å². The van der Waals surface area contributed by atoms with Crippen LogP contribution < -0.4 is 5.32 Å². The molecule has 1 heterocycles. The smallest absolute Gasteiger partial charge is 0.181 e. The SMILES string of the molecule is CNC(=S)c1ccc2ncoc2c1. The lowest BCUT2D eigenvalue weighted by atomic mass is 10.2. The van der Waals surface area contributed by atoms with Gasteiger partial charge in [0, 0.05) is 12.6 Å². The van der Waals surface area contributed by atoms with Crippen LogP contribution in [-0.2, 0) is 0 Å². The molecule has 1 aromatic heterocycles. The van der Waals surface area contributed by atoms with Gasteiger partial charge in [-0.2, -0.15) is 0 Å². The van der Waals surface area contributed by atoms with E-state index in [1.165, 1.54) is 6.39 Å². The number of hydrogen-bond acceptors (Lipinski definition) is 3. The molecule has 0 fully saturated rings. The fourth-order valence-corrected chi connectivity index (χ4v) is 1.27. The highest BCUT2D eigenvalue weighted by atomic mass is 32.1. The summed E-state index contributed by atoms with van der Waals surface area (Å²) in [6.45, 7) is 0. The molecular weight excluding hydrogens is 184 g/mol. The molecule has 2 aromatic rings. The van der Waals surface area contributed by atoms with Crippen molar-refractivity contribution in [3.63, 3.8) is 0 Å². The van der Waals surface area contributed by atoms with Crippen molar-refractivity contribution in [2.45, 2.75) is 0 Å². The summed E-state index contributed by atoms with van der Waals surface area (Å²) in [6, 6.07) is 5.68. The Kier molecular flexibility index (Phi) is 1.98. The maximum Gasteiger partial charge on any atom is 0.181 e. The minimum atomic E-state index is 0.707. The molecule has 0 spiro atoms. The molecule has 0 aliphatic rings. The van der Waals surface area contributed by atoms with E-state index in [1.54, 1.807) is 7.05 Å². The Bertz CT molecular complexity index is 450. The van der Waals surface area contributed by atoms with E-state index in [-0.39, 0.29) is 0 Å². The monoisotopic (exact) mass is 192 g/mol. The molecule has 66 valence electrons. The highest BCUT2D eigenvalue weighted by molar-refractivity contribution is 7.80. The first-order valence-electron chi connectivity index (χ1n) is 3.86. The first kappa shape index (κ1) is 8.19. The molecular formula is C9H8N2OS. The number of nitrogens with one attached hydrogen (secondary N) is 1. The van der Waals surface area contributed by atoms with Crippen LogP contribution in [0.15, 0.2) is 29.0 Å². The summed E-state index contributed by atoms with van der Waals surface area (Å²) in [7, 11) is 1.80. The molecule has 0 aliphatic carbocycles. The van der Waals surface area contributed by atoms with Crippen LogP contribution in [-0.4, -0.2) is 17.0 Å². The van der Waals surface area contributed by atoms with Crippen LogP contribution in [0.3, 0.4) is 0 Å². The highest BCUT2D eigenvalue weighted by Gasteiger charge is 2.02. The molecule has 0 aliphatic heterocycles. The molecule has 13 heavy (non-hydrogen) atoms. The number of fused-ring (bicyclic) bond motifs is 1. The first-order chi connectivity index (χ1) is 6.31. The van der Waals surface area contributed by atoms with Gasteiger partial charge >= 0.3 is 0 Å². The number of oxazole rings is 1. The molecule has 0 saturated heterocycles. The van der Waals surface area contributed by atoms with Crippen molar-refractivity contribution in [2.75, 3.05) is 7.05 Å². The summed E-state index contributed by atoms with van der Waals surface area (Å²) >= 11 is 5.09. The fraction of sp³-hybridized carbons (Fsp3) is 0.111. The summed E-state index contributed by atoms with van der Waals surface area (Å²) in [5, 5.41) is 2.91. The summed E-state index contributed by atoms with van der Waals surface area (Å²) < 4.78 is 5.15. The maximum absolute atomic E-state index is 5.15. The van der Waals surface area contributed by atoms with E-state index in [0.29, 0.717) is 4.99 Å². The van der Waals surface area contributed by atoms with Crippen molar-refractivity contribution < 1.29 is 4.42 Å². The second-order valence-electron chi connectivity index (χ2n) is 2.61. The van der Waals surface area contributed by atoms with E-state index in [2.05, 4.69) is 10.3 Å². The van der Waals surface area contributed by atoms with E-state index in [9.17, 15) is 0 Å². The standard InChI is InChI=1S/C9H8N2OS/c1-10-9(13)6-2-3-7-8(4-6)12-5-11-7/h2-5H,1H3,(H,10,13). The molecule has 0 radical (unpaired) electrons. The molecule has 2 rings (SSSR count). The van der Waals surface area contributed by atoms with Crippen molar-refractivity contribution in [3.8, 4) is 0 Å². The Morgan fingerprint density at radius 1 is 1.54 bits per heavy atom. The van der Waals surface area contributed by atoms with Gasteiger partial charge < -0.3 is 9.73 Å². The molecule has 0 saturated carbocycles. The van der Waals surface area contributed by atoms with Gasteiger partial charge in [-0.15, -0.1) is 0 Å². The number of hydrogen-bond donors (Lipinski definition) is 1. The number of thiocarbonyl (C=S) groups is 1. The quantitative estimate of drug-likeness (QED) is 0.698. The van der Waals surface area contributed by atoms with Crippen LogP contribution in [0, 0.1) is 0 Å². The van der Waals surface area contributed by atoms with Gasteiger partial charge in [-0.3, -0.25) is 0 Å². The van der Waals surface area contributed by atoms with Gasteiger partial charge in [-0.05, 0) is 18.2 Å². The molecule has 3 nitrogen and oxygen atoms in total. The zero-order chi connectivity index (χ0) is 9.26. The molecule has 1 N–H and O–H groups in total. The Morgan fingerprint density at radius 2 is 2.38 bits per heavy atom. The first-order valence-corrected chi connectivity index (χ1v) is 4.27. The highest BCUT2D eigenvalue weighted by Crippen LogP contribution is 2.14. The normalized spacial score (nSPS) is 10.2. The maximum atomic E-state index is 5.15. The van der Waals surface area contributed by atoms with Gasteiger partial charge in [0.05, 0.1) is 0 Å². The lowest BCUT2D eigenvalue weighted by molar-refractivity contribution is 0.602. The lowest BCUT2D eigenvalue weighted by Gasteiger charge is -2.00. The molecule has 0 atom stereocenters. The predicted molar refractivity (Wildman–Crippen MR) is 54.8 cm³/mol. The van der Waals surface area contributed by atoms with E-state index in [1.807, 2.05) is 18.2 Å². The van der Waals surface area contributed by atoms with E-state index < -0.39 is 0 Å². The van der Waals surface area contributed by atoms with Gasteiger partial charge in [-0.1, -0.05) is 12.2 Å². The average molecular weight is 192 g/mol. The Balaban J connectivity index is 2.54. The molecule has 4 heteroatoms. The van der Waals surface area contributed by atoms with Gasteiger partial charge in [0.2, 0.25) is 0 Å². The third-order valence-corrected chi connectivity index (χ3v) is 2.26. The van der Waals surface area contributed by atoms with Gasteiger partial charge in [0.25, 0.3) is 0 Å².